The van der Waals surface area contributed by atoms with Crippen molar-refractivity contribution in [2.45, 2.75) is 39.3 Å². The monoisotopic (exact) mass is 389 g/mol. The standard InChI is InChI=1S/C20H24ClN3O3/c1-13(2)22-19(26)24-16-9-7-15(8-10-16)23-18(25)20(3,4)27-17-11-5-14(21)6-12-17/h5-13H,1-4H3,(H,23,25)(H2,22,24,26). The Kier molecular flexibility index (Phi) is 6.69. The summed E-state index contributed by atoms with van der Waals surface area (Å²) in [5.41, 5.74) is 0.146. The minimum atomic E-state index is -1.08. The van der Waals surface area contributed by atoms with E-state index in [2.05, 4.69) is 16.0 Å². The van der Waals surface area contributed by atoms with E-state index in [0.717, 1.165) is 0 Å². The lowest BCUT2D eigenvalue weighted by molar-refractivity contribution is -0.128. The van der Waals surface area contributed by atoms with Gasteiger partial charge in [0.05, 0.1) is 0 Å². The zero-order chi connectivity index (χ0) is 20.0. The van der Waals surface area contributed by atoms with Crippen molar-refractivity contribution >= 4 is 34.9 Å². The maximum Gasteiger partial charge on any atom is 0.319 e. The molecule has 0 aliphatic carbocycles. The molecule has 2 rings (SSSR count). The van der Waals surface area contributed by atoms with Crippen LogP contribution in [-0.2, 0) is 4.79 Å². The summed E-state index contributed by atoms with van der Waals surface area (Å²) < 4.78 is 5.77. The van der Waals surface area contributed by atoms with Crippen LogP contribution < -0.4 is 20.7 Å². The van der Waals surface area contributed by atoms with Crippen molar-refractivity contribution in [3.8, 4) is 5.75 Å². The van der Waals surface area contributed by atoms with Gasteiger partial charge in [-0.3, -0.25) is 4.79 Å². The van der Waals surface area contributed by atoms with E-state index in [0.29, 0.717) is 22.1 Å². The third-order valence-corrected chi connectivity index (χ3v) is 3.81. The highest BCUT2D eigenvalue weighted by Gasteiger charge is 2.30. The maximum absolute atomic E-state index is 12.5. The molecule has 3 amide bonds. The zero-order valence-corrected chi connectivity index (χ0v) is 16.6. The molecule has 6 nitrogen and oxygen atoms in total. The van der Waals surface area contributed by atoms with Crippen molar-refractivity contribution in [1.82, 2.24) is 5.32 Å². The van der Waals surface area contributed by atoms with Crippen LogP contribution in [0, 0.1) is 0 Å². The van der Waals surface area contributed by atoms with E-state index >= 15 is 0 Å². The summed E-state index contributed by atoms with van der Waals surface area (Å²) in [5, 5.41) is 8.87. The molecular weight excluding hydrogens is 366 g/mol. The summed E-state index contributed by atoms with van der Waals surface area (Å²) in [7, 11) is 0. The van der Waals surface area contributed by atoms with Gasteiger partial charge in [0.25, 0.3) is 5.91 Å². The minimum Gasteiger partial charge on any atom is -0.478 e. The average molecular weight is 390 g/mol. The molecule has 0 aliphatic rings. The molecule has 0 heterocycles. The Morgan fingerprint density at radius 3 is 1.96 bits per heavy atom. The fraction of sp³-hybridized carbons (Fsp3) is 0.300. The Bertz CT molecular complexity index is 787. The van der Waals surface area contributed by atoms with Crippen molar-refractivity contribution in [3.05, 3.63) is 53.6 Å². The first-order valence-corrected chi connectivity index (χ1v) is 8.97. The summed E-state index contributed by atoms with van der Waals surface area (Å²) in [5.74, 6) is 0.256. The second kappa shape index (κ2) is 8.77. The van der Waals surface area contributed by atoms with E-state index in [1.165, 1.54) is 0 Å². The van der Waals surface area contributed by atoms with E-state index in [-0.39, 0.29) is 18.0 Å². The summed E-state index contributed by atoms with van der Waals surface area (Å²) in [4.78, 5) is 24.2. The van der Waals surface area contributed by atoms with E-state index in [1.807, 2.05) is 13.8 Å². The molecule has 3 N–H and O–H groups in total. The number of nitrogens with one attached hydrogen (secondary N) is 3. The van der Waals surface area contributed by atoms with Crippen LogP contribution in [0.5, 0.6) is 5.75 Å². The molecule has 2 aromatic rings. The lowest BCUT2D eigenvalue weighted by Gasteiger charge is -2.25. The number of halogens is 1. The third kappa shape index (κ3) is 6.49. The van der Waals surface area contributed by atoms with Crippen molar-refractivity contribution < 1.29 is 14.3 Å². The number of amides is 3. The summed E-state index contributed by atoms with van der Waals surface area (Å²) in [6.07, 6.45) is 0. The third-order valence-electron chi connectivity index (χ3n) is 3.55. The number of rotatable bonds is 6. The smallest absolute Gasteiger partial charge is 0.319 e. The number of anilines is 2. The van der Waals surface area contributed by atoms with Gasteiger partial charge in [-0.05, 0) is 76.2 Å². The van der Waals surface area contributed by atoms with Gasteiger partial charge in [-0.1, -0.05) is 11.6 Å². The molecule has 0 spiro atoms. The summed E-state index contributed by atoms with van der Waals surface area (Å²) >= 11 is 5.86. The maximum atomic E-state index is 12.5. The zero-order valence-electron chi connectivity index (χ0n) is 15.8. The molecule has 144 valence electrons. The first-order valence-electron chi connectivity index (χ1n) is 8.59. The molecule has 0 aliphatic heterocycles. The quantitative estimate of drug-likeness (QED) is 0.671. The predicted molar refractivity (Wildman–Crippen MR) is 109 cm³/mol. The summed E-state index contributed by atoms with van der Waals surface area (Å²) in [6, 6.07) is 13.4. The molecule has 0 bridgehead atoms. The molecular formula is C20H24ClN3O3. The van der Waals surface area contributed by atoms with Crippen LogP contribution in [0.1, 0.15) is 27.7 Å². The average Bonchev–Trinajstić information content (AvgIpc) is 2.57. The molecule has 27 heavy (non-hydrogen) atoms. The fourth-order valence-electron chi connectivity index (χ4n) is 2.19. The van der Waals surface area contributed by atoms with Gasteiger partial charge in [0.2, 0.25) is 0 Å². The van der Waals surface area contributed by atoms with E-state index in [1.54, 1.807) is 62.4 Å². The first-order chi connectivity index (χ1) is 12.7. The summed E-state index contributed by atoms with van der Waals surface area (Å²) in [6.45, 7) is 7.13. The van der Waals surface area contributed by atoms with Crippen LogP contribution in [-0.4, -0.2) is 23.6 Å². The number of hydrogen-bond acceptors (Lipinski definition) is 3. The number of hydrogen-bond donors (Lipinski definition) is 3. The van der Waals surface area contributed by atoms with Gasteiger partial charge in [-0.25, -0.2) is 4.79 Å². The van der Waals surface area contributed by atoms with Crippen molar-refractivity contribution in [1.29, 1.82) is 0 Å². The van der Waals surface area contributed by atoms with Crippen molar-refractivity contribution in [3.63, 3.8) is 0 Å². The van der Waals surface area contributed by atoms with Gasteiger partial charge < -0.3 is 20.7 Å². The molecule has 0 saturated heterocycles. The van der Waals surface area contributed by atoms with E-state index < -0.39 is 5.60 Å². The lowest BCUT2D eigenvalue weighted by Crippen LogP contribution is -2.42. The highest BCUT2D eigenvalue weighted by molar-refractivity contribution is 6.30. The van der Waals surface area contributed by atoms with Gasteiger partial charge in [-0.2, -0.15) is 0 Å². The van der Waals surface area contributed by atoms with Crippen LogP contribution in [0.4, 0.5) is 16.2 Å². The fourth-order valence-corrected chi connectivity index (χ4v) is 2.32. The van der Waals surface area contributed by atoms with Gasteiger partial charge in [0.1, 0.15) is 5.75 Å². The first kappa shape index (κ1) is 20.6. The molecule has 2 aromatic carbocycles. The molecule has 7 heteroatoms. The molecule has 0 saturated carbocycles. The van der Waals surface area contributed by atoms with Crippen LogP contribution in [0.25, 0.3) is 0 Å². The van der Waals surface area contributed by atoms with Crippen LogP contribution in [0.3, 0.4) is 0 Å². The largest absolute Gasteiger partial charge is 0.478 e. The second-order valence-electron chi connectivity index (χ2n) is 6.85. The lowest BCUT2D eigenvalue weighted by atomic mass is 10.1. The minimum absolute atomic E-state index is 0.0476. The van der Waals surface area contributed by atoms with Gasteiger partial charge >= 0.3 is 6.03 Å². The molecule has 0 aromatic heterocycles. The Balaban J connectivity index is 1.95. The van der Waals surface area contributed by atoms with E-state index in [4.69, 9.17) is 16.3 Å². The topological polar surface area (TPSA) is 79.5 Å². The molecule has 0 fully saturated rings. The Hall–Kier alpha value is -2.73. The predicted octanol–water partition coefficient (Wildman–Crippen LogP) is 4.67. The van der Waals surface area contributed by atoms with Gasteiger partial charge in [0, 0.05) is 22.4 Å². The number of carbonyl (C=O) groups excluding carboxylic acids is 2. The number of benzene rings is 2. The van der Waals surface area contributed by atoms with Crippen LogP contribution in [0.2, 0.25) is 5.02 Å². The molecule has 0 unspecified atom stereocenters. The van der Waals surface area contributed by atoms with Crippen LogP contribution >= 0.6 is 11.6 Å². The Morgan fingerprint density at radius 1 is 0.926 bits per heavy atom. The number of ether oxygens (including phenoxy) is 1. The normalized spacial score (nSPS) is 11.0. The highest BCUT2D eigenvalue weighted by Crippen LogP contribution is 2.22. The van der Waals surface area contributed by atoms with Crippen molar-refractivity contribution in [2.24, 2.45) is 0 Å². The van der Waals surface area contributed by atoms with Crippen LogP contribution in [0.15, 0.2) is 48.5 Å². The van der Waals surface area contributed by atoms with Gasteiger partial charge in [0.15, 0.2) is 5.60 Å². The Labute approximate surface area is 164 Å². The molecule has 0 atom stereocenters. The van der Waals surface area contributed by atoms with Gasteiger partial charge in [-0.15, -0.1) is 0 Å². The Morgan fingerprint density at radius 2 is 1.44 bits per heavy atom. The number of carbonyl (C=O) groups is 2. The second-order valence-corrected chi connectivity index (χ2v) is 7.29. The molecule has 0 radical (unpaired) electrons. The number of urea groups is 1. The van der Waals surface area contributed by atoms with Crippen molar-refractivity contribution in [2.75, 3.05) is 10.6 Å². The SMILES string of the molecule is CC(C)NC(=O)Nc1ccc(NC(=O)C(C)(C)Oc2ccc(Cl)cc2)cc1. The van der Waals surface area contributed by atoms with E-state index in [9.17, 15) is 9.59 Å². The highest BCUT2D eigenvalue weighted by atomic mass is 35.5.